The molecule has 6 amide bonds. The number of hydrogen-bond donors (Lipinski definition) is 6. The van der Waals surface area contributed by atoms with Gasteiger partial charge in [-0.1, -0.05) is 30.3 Å². The monoisotopic (exact) mass is 578 g/mol. The van der Waals surface area contributed by atoms with Gasteiger partial charge in [-0.05, 0) is 30.2 Å². The van der Waals surface area contributed by atoms with Crippen molar-refractivity contribution in [1.29, 1.82) is 0 Å². The normalized spacial score (nSPS) is 11.2. The average molecular weight is 579 g/mol. The van der Waals surface area contributed by atoms with Crippen LogP contribution in [0.1, 0.15) is 28.4 Å². The first kappa shape index (κ1) is 31.0. The third kappa shape index (κ3) is 8.74. The predicted octanol–water partition coefficient (Wildman–Crippen LogP) is -0.765. The van der Waals surface area contributed by atoms with Gasteiger partial charge in [-0.3, -0.25) is 28.8 Å². The smallest absolute Gasteiger partial charge is 0.349 e. The lowest BCUT2D eigenvalue weighted by atomic mass is 10.0. The van der Waals surface area contributed by atoms with Gasteiger partial charge in [0.2, 0.25) is 29.5 Å². The molecule has 2 aromatic carbocycles. The molecule has 220 valence electrons. The van der Waals surface area contributed by atoms with E-state index in [2.05, 4.69) is 26.6 Å². The van der Waals surface area contributed by atoms with Crippen molar-refractivity contribution in [3.05, 3.63) is 75.6 Å². The van der Waals surface area contributed by atoms with Crippen LogP contribution in [0, 0.1) is 6.92 Å². The highest BCUT2D eigenvalue weighted by Crippen LogP contribution is 2.23. The van der Waals surface area contributed by atoms with Crippen molar-refractivity contribution in [3.63, 3.8) is 0 Å². The quantitative estimate of drug-likeness (QED) is 0.150. The van der Waals surface area contributed by atoms with Gasteiger partial charge in [0.1, 0.15) is 17.2 Å². The first-order chi connectivity index (χ1) is 19.9. The fraction of sp³-hybridized carbons (Fsp3) is 0.250. The molecule has 1 aromatic heterocycles. The number of carbonyl (C=O) groups is 6. The molecule has 0 aliphatic carbocycles. The molecule has 7 N–H and O–H groups in total. The van der Waals surface area contributed by atoms with Crippen LogP contribution < -0.4 is 37.9 Å². The third-order valence-electron chi connectivity index (χ3n) is 6.01. The maximum Gasteiger partial charge on any atom is 0.349 e. The van der Waals surface area contributed by atoms with E-state index in [1.807, 2.05) is 0 Å². The Labute approximate surface area is 239 Å². The number of amides is 6. The molecule has 0 unspecified atom stereocenters. The summed E-state index contributed by atoms with van der Waals surface area (Å²) < 4.78 is 5.23. The summed E-state index contributed by atoms with van der Waals surface area (Å²) >= 11 is 0. The van der Waals surface area contributed by atoms with Crippen LogP contribution >= 0.6 is 0 Å². The van der Waals surface area contributed by atoms with E-state index >= 15 is 0 Å². The Kier molecular flexibility index (Phi) is 10.5. The Hall–Kier alpha value is -5.53. The molecule has 14 nitrogen and oxygen atoms in total. The molecule has 0 aliphatic rings. The number of benzene rings is 2. The fourth-order valence-electron chi connectivity index (χ4n) is 3.94. The van der Waals surface area contributed by atoms with Gasteiger partial charge < -0.3 is 36.7 Å². The van der Waals surface area contributed by atoms with E-state index < -0.39 is 60.2 Å². The van der Waals surface area contributed by atoms with Crippen LogP contribution in [-0.2, 0) is 30.4 Å². The van der Waals surface area contributed by atoms with Gasteiger partial charge in [-0.15, -0.1) is 0 Å². The zero-order chi connectivity index (χ0) is 30.8. The Morgan fingerprint density at radius 2 is 1.48 bits per heavy atom. The highest BCUT2D eigenvalue weighted by molar-refractivity contribution is 6.01. The fourth-order valence-corrected chi connectivity index (χ4v) is 3.94. The van der Waals surface area contributed by atoms with E-state index in [0.717, 1.165) is 5.56 Å². The number of aryl methyl sites for hydroxylation is 1. The number of nitrogens with one attached hydrogen (secondary N) is 5. The summed E-state index contributed by atoms with van der Waals surface area (Å²) in [5.74, 6) is -3.80. The predicted molar refractivity (Wildman–Crippen MR) is 151 cm³/mol. The first-order valence-corrected chi connectivity index (χ1v) is 12.7. The standard InChI is InChI=1S/C28H30N6O8/c1-15-19-9-8-18(11-21(19)42-28(41)25(15)26(29)39)33-27(40)20(10-17-6-4-3-5-7-17)34-24(38)14-32-23(37)13-31-22(36)12-30-16(2)35/h3-9,11,20H,10,12-14H2,1-2H3,(H2,29,39)(H,30,35)(H,31,36)(H,32,37)(H,33,40)(H,34,38)/t20-/m0/s1. The second kappa shape index (κ2) is 14.2. The number of rotatable bonds is 12. The van der Waals surface area contributed by atoms with Crippen LogP contribution in [0.2, 0.25) is 0 Å². The molecule has 0 aliphatic heterocycles. The molecule has 3 aromatic rings. The summed E-state index contributed by atoms with van der Waals surface area (Å²) in [4.78, 5) is 84.2. The Morgan fingerprint density at radius 1 is 0.857 bits per heavy atom. The second-order valence-electron chi connectivity index (χ2n) is 9.23. The molecule has 1 heterocycles. The molecule has 0 spiro atoms. The lowest BCUT2D eigenvalue weighted by Gasteiger charge is -2.19. The average Bonchev–Trinajstić information content (AvgIpc) is 2.93. The van der Waals surface area contributed by atoms with Crippen LogP contribution in [0.4, 0.5) is 5.69 Å². The summed E-state index contributed by atoms with van der Waals surface area (Å²) in [5.41, 5.74) is 5.60. The van der Waals surface area contributed by atoms with Crippen molar-refractivity contribution in [2.45, 2.75) is 26.3 Å². The number of carbonyl (C=O) groups excluding carboxylic acids is 6. The molecule has 0 radical (unpaired) electrons. The number of hydrogen-bond acceptors (Lipinski definition) is 8. The molecule has 0 saturated carbocycles. The van der Waals surface area contributed by atoms with Gasteiger partial charge in [0.15, 0.2) is 0 Å². The molecule has 1 atom stereocenters. The Bertz CT molecular complexity index is 1580. The molecular formula is C28H30N6O8. The van der Waals surface area contributed by atoms with Gasteiger partial charge in [0, 0.05) is 30.5 Å². The second-order valence-corrected chi connectivity index (χ2v) is 9.23. The molecule has 42 heavy (non-hydrogen) atoms. The molecule has 0 fully saturated rings. The maximum absolute atomic E-state index is 13.2. The summed E-state index contributed by atoms with van der Waals surface area (Å²) in [6.07, 6.45) is 0.120. The summed E-state index contributed by atoms with van der Waals surface area (Å²) in [6.45, 7) is 1.62. The minimum atomic E-state index is -1.06. The van der Waals surface area contributed by atoms with Gasteiger partial charge in [-0.25, -0.2) is 4.79 Å². The minimum absolute atomic E-state index is 0.120. The van der Waals surface area contributed by atoms with Gasteiger partial charge >= 0.3 is 5.63 Å². The zero-order valence-electron chi connectivity index (χ0n) is 22.9. The lowest BCUT2D eigenvalue weighted by molar-refractivity contribution is -0.129. The minimum Gasteiger partial charge on any atom is -0.422 e. The van der Waals surface area contributed by atoms with Crippen LogP contribution in [0.25, 0.3) is 11.0 Å². The lowest BCUT2D eigenvalue weighted by Crippen LogP contribution is -2.49. The molecule has 14 heteroatoms. The van der Waals surface area contributed by atoms with Crippen molar-refractivity contribution in [1.82, 2.24) is 21.3 Å². The van der Waals surface area contributed by atoms with Crippen molar-refractivity contribution in [2.75, 3.05) is 25.0 Å². The topological polar surface area (TPSA) is 219 Å². The van der Waals surface area contributed by atoms with Crippen molar-refractivity contribution in [3.8, 4) is 0 Å². The highest BCUT2D eigenvalue weighted by Gasteiger charge is 2.23. The van der Waals surface area contributed by atoms with E-state index in [0.29, 0.717) is 10.9 Å². The van der Waals surface area contributed by atoms with Gasteiger partial charge in [0.25, 0.3) is 5.91 Å². The van der Waals surface area contributed by atoms with Crippen LogP contribution in [0.5, 0.6) is 0 Å². The summed E-state index contributed by atoms with van der Waals surface area (Å²) in [7, 11) is 0. The van der Waals surface area contributed by atoms with Crippen LogP contribution in [0.15, 0.2) is 57.7 Å². The number of anilines is 1. The van der Waals surface area contributed by atoms with E-state index in [-0.39, 0.29) is 29.8 Å². The van der Waals surface area contributed by atoms with Crippen molar-refractivity contribution < 1.29 is 33.2 Å². The molecule has 3 rings (SSSR count). The summed E-state index contributed by atoms with van der Waals surface area (Å²) in [6, 6.07) is 12.4. The van der Waals surface area contributed by atoms with E-state index in [9.17, 15) is 33.6 Å². The van der Waals surface area contributed by atoms with Gasteiger partial charge in [0.05, 0.1) is 19.6 Å². The van der Waals surface area contributed by atoms with Crippen LogP contribution in [-0.4, -0.2) is 61.1 Å². The Balaban J connectivity index is 1.67. The largest absolute Gasteiger partial charge is 0.422 e. The third-order valence-corrected chi connectivity index (χ3v) is 6.01. The SMILES string of the molecule is CC(=O)NCC(=O)NCC(=O)NCC(=O)N[C@@H](Cc1ccccc1)C(=O)Nc1ccc2c(C)c(C(N)=O)c(=O)oc2c1. The number of nitrogens with two attached hydrogens (primary N) is 1. The zero-order valence-corrected chi connectivity index (χ0v) is 22.9. The number of fused-ring (bicyclic) bond motifs is 1. The van der Waals surface area contributed by atoms with E-state index in [1.165, 1.54) is 13.0 Å². The molecule has 0 saturated heterocycles. The maximum atomic E-state index is 13.2. The highest BCUT2D eigenvalue weighted by atomic mass is 16.4. The van der Waals surface area contributed by atoms with Crippen molar-refractivity contribution in [2.24, 2.45) is 5.73 Å². The molecular weight excluding hydrogens is 548 g/mol. The van der Waals surface area contributed by atoms with E-state index in [1.54, 1.807) is 49.4 Å². The molecule has 0 bridgehead atoms. The van der Waals surface area contributed by atoms with Crippen molar-refractivity contribution >= 4 is 52.1 Å². The van der Waals surface area contributed by atoms with Gasteiger partial charge in [-0.2, -0.15) is 0 Å². The van der Waals surface area contributed by atoms with Crippen LogP contribution in [0.3, 0.4) is 0 Å². The Morgan fingerprint density at radius 3 is 2.10 bits per heavy atom. The number of primary amides is 1. The van der Waals surface area contributed by atoms with E-state index in [4.69, 9.17) is 10.2 Å². The summed E-state index contributed by atoms with van der Waals surface area (Å²) in [5, 5.41) is 12.7. The first-order valence-electron chi connectivity index (χ1n) is 12.7.